The molecule has 0 amide bonds. The van der Waals surface area contributed by atoms with Crippen molar-refractivity contribution in [3.05, 3.63) is 0 Å². The Bertz CT molecular complexity index is 159. The smallest absolute Gasteiger partial charge is 0.0827 e. The molecule has 1 saturated heterocycles. The monoisotopic (exact) mass is 184 g/mol. The average molecular weight is 184 g/mol. The lowest BCUT2D eigenvalue weighted by Crippen LogP contribution is -2.50. The van der Waals surface area contributed by atoms with E-state index in [1.165, 1.54) is 19.3 Å². The summed E-state index contributed by atoms with van der Waals surface area (Å²) >= 11 is 0. The molecule has 2 rings (SSSR count). The second-order valence-electron chi connectivity index (χ2n) is 4.26. The van der Waals surface area contributed by atoms with Crippen molar-refractivity contribution >= 4 is 0 Å². The predicted molar refractivity (Wildman–Crippen MR) is 52.8 cm³/mol. The number of morpholine rings is 1. The third-order valence-corrected chi connectivity index (χ3v) is 2.97. The van der Waals surface area contributed by atoms with E-state index in [2.05, 4.69) is 17.6 Å². The zero-order valence-corrected chi connectivity index (χ0v) is 8.38. The van der Waals surface area contributed by atoms with Gasteiger partial charge in [-0.3, -0.25) is 0 Å². The molecule has 0 bridgehead atoms. The van der Waals surface area contributed by atoms with Crippen LogP contribution in [0.25, 0.3) is 0 Å². The Morgan fingerprint density at radius 1 is 1.38 bits per heavy atom. The maximum Gasteiger partial charge on any atom is 0.0827 e. The minimum absolute atomic E-state index is 0.377. The highest BCUT2D eigenvalue weighted by Crippen LogP contribution is 2.18. The second-order valence-corrected chi connectivity index (χ2v) is 4.26. The van der Waals surface area contributed by atoms with Crippen LogP contribution in [0.3, 0.4) is 0 Å². The Morgan fingerprint density at radius 2 is 2.23 bits per heavy atom. The van der Waals surface area contributed by atoms with Gasteiger partial charge in [0.1, 0.15) is 0 Å². The highest BCUT2D eigenvalue weighted by atomic mass is 16.5. The minimum Gasteiger partial charge on any atom is -0.371 e. The molecule has 1 aliphatic carbocycles. The van der Waals surface area contributed by atoms with Crippen LogP contribution in [0.4, 0.5) is 0 Å². The molecule has 3 nitrogen and oxygen atoms in total. The zero-order chi connectivity index (χ0) is 9.10. The van der Waals surface area contributed by atoms with Gasteiger partial charge < -0.3 is 15.4 Å². The molecule has 76 valence electrons. The molecule has 0 radical (unpaired) electrons. The summed E-state index contributed by atoms with van der Waals surface area (Å²) in [7, 11) is 0. The Hall–Kier alpha value is -0.120. The molecule has 13 heavy (non-hydrogen) atoms. The van der Waals surface area contributed by atoms with Gasteiger partial charge in [0.15, 0.2) is 0 Å². The lowest BCUT2D eigenvalue weighted by molar-refractivity contribution is -0.0278. The van der Waals surface area contributed by atoms with E-state index in [0.717, 1.165) is 25.7 Å². The fourth-order valence-electron chi connectivity index (χ4n) is 1.90. The van der Waals surface area contributed by atoms with Crippen LogP contribution in [0.5, 0.6) is 0 Å². The van der Waals surface area contributed by atoms with Crippen LogP contribution in [0.1, 0.15) is 26.2 Å². The molecular weight excluding hydrogens is 164 g/mol. The first-order valence-electron chi connectivity index (χ1n) is 5.44. The molecule has 0 aromatic carbocycles. The molecule has 3 heteroatoms. The van der Waals surface area contributed by atoms with Crippen molar-refractivity contribution in [2.24, 2.45) is 0 Å². The highest BCUT2D eigenvalue weighted by molar-refractivity contribution is 4.80. The van der Waals surface area contributed by atoms with Crippen molar-refractivity contribution < 1.29 is 4.74 Å². The third-order valence-electron chi connectivity index (χ3n) is 2.97. The van der Waals surface area contributed by atoms with Gasteiger partial charge in [0, 0.05) is 25.7 Å². The van der Waals surface area contributed by atoms with E-state index in [0.29, 0.717) is 12.2 Å². The standard InChI is InChI=1S/C10H20N2O/c1-8-5-11-6-10(13-8)7-12-9-3-2-4-9/h8-12H,2-7H2,1H3/t8-,10+/m1/s1. The van der Waals surface area contributed by atoms with Crippen LogP contribution < -0.4 is 10.6 Å². The van der Waals surface area contributed by atoms with Crippen LogP contribution in [-0.4, -0.2) is 37.9 Å². The van der Waals surface area contributed by atoms with Crippen molar-refractivity contribution in [3.63, 3.8) is 0 Å². The van der Waals surface area contributed by atoms with Gasteiger partial charge in [-0.05, 0) is 19.8 Å². The van der Waals surface area contributed by atoms with Crippen LogP contribution in [0, 0.1) is 0 Å². The molecule has 0 spiro atoms. The predicted octanol–water partition coefficient (Wildman–Crippen LogP) is 0.505. The summed E-state index contributed by atoms with van der Waals surface area (Å²) in [6, 6.07) is 0.779. The van der Waals surface area contributed by atoms with Crippen molar-refractivity contribution in [3.8, 4) is 0 Å². The SMILES string of the molecule is C[C@@H]1CNC[C@@H](CNC2CCC2)O1. The summed E-state index contributed by atoms with van der Waals surface area (Å²) in [6.45, 7) is 5.15. The van der Waals surface area contributed by atoms with E-state index in [-0.39, 0.29) is 0 Å². The lowest BCUT2D eigenvalue weighted by atomic mass is 9.93. The average Bonchev–Trinajstić information content (AvgIpc) is 2.01. The lowest BCUT2D eigenvalue weighted by Gasteiger charge is -2.32. The molecule has 2 fully saturated rings. The molecule has 0 unspecified atom stereocenters. The Kier molecular flexibility index (Phi) is 3.19. The van der Waals surface area contributed by atoms with E-state index in [9.17, 15) is 0 Å². The molecular formula is C10H20N2O. The number of hydrogen-bond acceptors (Lipinski definition) is 3. The van der Waals surface area contributed by atoms with Crippen molar-refractivity contribution in [2.45, 2.75) is 44.4 Å². The third kappa shape index (κ3) is 2.66. The number of nitrogens with one attached hydrogen (secondary N) is 2. The number of rotatable bonds is 3. The summed E-state index contributed by atoms with van der Waals surface area (Å²) in [5.74, 6) is 0. The van der Waals surface area contributed by atoms with E-state index < -0.39 is 0 Å². The van der Waals surface area contributed by atoms with Crippen LogP contribution in [0.2, 0.25) is 0 Å². The van der Waals surface area contributed by atoms with Gasteiger partial charge in [-0.15, -0.1) is 0 Å². The summed E-state index contributed by atoms with van der Waals surface area (Å²) < 4.78 is 5.78. The molecule has 0 aromatic rings. The van der Waals surface area contributed by atoms with Crippen molar-refractivity contribution in [2.75, 3.05) is 19.6 Å². The molecule has 0 aromatic heterocycles. The summed E-state index contributed by atoms with van der Waals surface area (Å²) in [5.41, 5.74) is 0. The van der Waals surface area contributed by atoms with Gasteiger partial charge in [0.25, 0.3) is 0 Å². The first-order valence-corrected chi connectivity index (χ1v) is 5.44. The fraction of sp³-hybridized carbons (Fsp3) is 1.00. The minimum atomic E-state index is 0.377. The van der Waals surface area contributed by atoms with Crippen LogP contribution >= 0.6 is 0 Å². The normalized spacial score (nSPS) is 35.8. The quantitative estimate of drug-likeness (QED) is 0.670. The first-order chi connectivity index (χ1) is 6.34. The fourth-order valence-corrected chi connectivity index (χ4v) is 1.90. The maximum atomic E-state index is 5.78. The van der Waals surface area contributed by atoms with E-state index >= 15 is 0 Å². The second kappa shape index (κ2) is 4.40. The first kappa shape index (κ1) is 9.44. The highest BCUT2D eigenvalue weighted by Gasteiger charge is 2.21. The molecule has 2 atom stereocenters. The van der Waals surface area contributed by atoms with E-state index in [4.69, 9.17) is 4.74 Å². The molecule has 2 aliphatic rings. The molecule has 1 heterocycles. The summed E-state index contributed by atoms with van der Waals surface area (Å²) in [6.07, 6.45) is 4.87. The Morgan fingerprint density at radius 3 is 2.85 bits per heavy atom. The van der Waals surface area contributed by atoms with E-state index in [1.54, 1.807) is 0 Å². The molecule has 1 saturated carbocycles. The van der Waals surface area contributed by atoms with Gasteiger partial charge in [-0.25, -0.2) is 0 Å². The van der Waals surface area contributed by atoms with Gasteiger partial charge >= 0.3 is 0 Å². The molecule has 2 N–H and O–H groups in total. The Labute approximate surface area is 80.2 Å². The Balaban J connectivity index is 1.62. The summed E-state index contributed by atoms with van der Waals surface area (Å²) in [4.78, 5) is 0. The van der Waals surface area contributed by atoms with Crippen LogP contribution in [0.15, 0.2) is 0 Å². The number of ether oxygens (including phenoxy) is 1. The van der Waals surface area contributed by atoms with Crippen molar-refractivity contribution in [1.29, 1.82) is 0 Å². The van der Waals surface area contributed by atoms with Gasteiger partial charge in [0.05, 0.1) is 12.2 Å². The van der Waals surface area contributed by atoms with Gasteiger partial charge in [-0.2, -0.15) is 0 Å². The largest absolute Gasteiger partial charge is 0.371 e. The van der Waals surface area contributed by atoms with Crippen LogP contribution in [-0.2, 0) is 4.74 Å². The van der Waals surface area contributed by atoms with Crippen molar-refractivity contribution in [1.82, 2.24) is 10.6 Å². The zero-order valence-electron chi connectivity index (χ0n) is 8.38. The molecule has 1 aliphatic heterocycles. The van der Waals surface area contributed by atoms with E-state index in [1.807, 2.05) is 0 Å². The van der Waals surface area contributed by atoms with Gasteiger partial charge in [0.2, 0.25) is 0 Å². The topological polar surface area (TPSA) is 33.3 Å². The number of hydrogen-bond donors (Lipinski definition) is 2. The summed E-state index contributed by atoms with van der Waals surface area (Å²) in [5, 5.41) is 6.92. The van der Waals surface area contributed by atoms with Gasteiger partial charge in [-0.1, -0.05) is 6.42 Å². The maximum absolute atomic E-state index is 5.78.